The maximum Gasteiger partial charge on any atom is 0.433 e. The Bertz CT molecular complexity index is 1180. The van der Waals surface area contributed by atoms with Crippen molar-refractivity contribution in [3.05, 3.63) is 63.8 Å². The Labute approximate surface area is 142 Å². The molecule has 0 atom stereocenters. The summed E-state index contributed by atoms with van der Waals surface area (Å²) in [6, 6.07) is 8.47. The van der Waals surface area contributed by atoms with E-state index < -0.39 is 17.4 Å². The lowest BCUT2D eigenvalue weighted by atomic mass is 10.2. The van der Waals surface area contributed by atoms with Gasteiger partial charge >= 0.3 is 6.18 Å². The second-order valence-corrected chi connectivity index (χ2v) is 5.69. The lowest BCUT2D eigenvalue weighted by molar-refractivity contribution is -0.141. The van der Waals surface area contributed by atoms with E-state index in [0.29, 0.717) is 5.39 Å². The molecule has 0 aliphatic rings. The van der Waals surface area contributed by atoms with Crippen LogP contribution in [-0.4, -0.2) is 19.5 Å². The van der Waals surface area contributed by atoms with Crippen molar-refractivity contribution in [2.24, 2.45) is 0 Å². The van der Waals surface area contributed by atoms with Crippen molar-refractivity contribution in [2.75, 3.05) is 0 Å². The molecule has 3 heterocycles. The van der Waals surface area contributed by atoms with Gasteiger partial charge in [0.15, 0.2) is 0 Å². The summed E-state index contributed by atoms with van der Waals surface area (Å²) in [6.07, 6.45) is -3.34. The number of para-hydroxylation sites is 1. The number of pyridine rings is 2. The molecule has 0 radical (unpaired) electrons. The quantitative estimate of drug-likeness (QED) is 0.556. The molecule has 0 spiro atoms. The van der Waals surface area contributed by atoms with Gasteiger partial charge in [-0.25, -0.2) is 9.97 Å². The molecule has 0 saturated carbocycles. The van der Waals surface area contributed by atoms with Gasteiger partial charge in [-0.05, 0) is 24.3 Å². The summed E-state index contributed by atoms with van der Waals surface area (Å²) in [7, 11) is 0. The molecule has 9 heteroatoms. The molecule has 0 unspecified atom stereocenters. The van der Waals surface area contributed by atoms with Gasteiger partial charge in [0.05, 0.1) is 17.0 Å². The number of imidazole rings is 1. The predicted molar refractivity (Wildman–Crippen MR) is 87.0 cm³/mol. The third kappa shape index (κ3) is 2.37. The smallest absolute Gasteiger partial charge is 0.340 e. The van der Waals surface area contributed by atoms with Crippen LogP contribution in [-0.2, 0) is 6.18 Å². The molecule has 1 aromatic carbocycles. The Morgan fingerprint density at radius 2 is 1.88 bits per heavy atom. The Morgan fingerprint density at radius 1 is 1.12 bits per heavy atom. The van der Waals surface area contributed by atoms with Gasteiger partial charge in [0.2, 0.25) is 0 Å². The Morgan fingerprint density at radius 3 is 2.60 bits per heavy atom. The van der Waals surface area contributed by atoms with Crippen molar-refractivity contribution < 1.29 is 13.2 Å². The molecule has 126 valence electrons. The zero-order chi connectivity index (χ0) is 17.8. The molecule has 3 aromatic heterocycles. The molecule has 1 N–H and O–H groups in total. The summed E-state index contributed by atoms with van der Waals surface area (Å²) < 4.78 is 40.3. The molecular formula is C16H8ClF3N4O. The monoisotopic (exact) mass is 364 g/mol. The fourth-order valence-electron chi connectivity index (χ4n) is 2.69. The van der Waals surface area contributed by atoms with E-state index in [1.54, 1.807) is 18.2 Å². The predicted octanol–water partition coefficient (Wildman–Crippen LogP) is 3.93. The number of rotatable bonds is 1. The van der Waals surface area contributed by atoms with Crippen LogP contribution in [0.15, 0.2) is 47.5 Å². The van der Waals surface area contributed by atoms with E-state index in [9.17, 15) is 18.0 Å². The molecule has 0 aliphatic heterocycles. The van der Waals surface area contributed by atoms with E-state index in [1.807, 2.05) is 0 Å². The summed E-state index contributed by atoms with van der Waals surface area (Å²) in [5, 5.41) is 0.521. The summed E-state index contributed by atoms with van der Waals surface area (Å²) in [5.74, 6) is 0. The lowest BCUT2D eigenvalue weighted by Gasteiger charge is -2.13. The number of hydrogen-bond acceptors (Lipinski definition) is 3. The number of H-pyrrole nitrogens is 1. The van der Waals surface area contributed by atoms with E-state index in [0.717, 1.165) is 10.6 Å². The molecule has 5 nitrogen and oxygen atoms in total. The average molecular weight is 365 g/mol. The third-order valence-corrected chi connectivity index (χ3v) is 4.10. The molecule has 0 aliphatic carbocycles. The van der Waals surface area contributed by atoms with Crippen molar-refractivity contribution in [1.29, 1.82) is 0 Å². The van der Waals surface area contributed by atoms with Crippen LogP contribution in [0.25, 0.3) is 27.8 Å². The molecule has 25 heavy (non-hydrogen) atoms. The Hall–Kier alpha value is -2.87. The maximum atomic E-state index is 13.1. The highest BCUT2D eigenvalue weighted by atomic mass is 35.5. The molecule has 0 fully saturated rings. The van der Waals surface area contributed by atoms with E-state index in [4.69, 9.17) is 11.6 Å². The minimum absolute atomic E-state index is 0.160. The summed E-state index contributed by atoms with van der Waals surface area (Å²) in [4.78, 5) is 23.3. The van der Waals surface area contributed by atoms with Crippen LogP contribution in [0.5, 0.6) is 0 Å². The van der Waals surface area contributed by atoms with Gasteiger partial charge < -0.3 is 4.98 Å². The summed E-state index contributed by atoms with van der Waals surface area (Å²) >= 11 is 6.15. The van der Waals surface area contributed by atoms with Crippen LogP contribution in [0.2, 0.25) is 5.02 Å². The highest BCUT2D eigenvalue weighted by Gasteiger charge is 2.33. The maximum absolute atomic E-state index is 13.1. The van der Waals surface area contributed by atoms with Crippen molar-refractivity contribution in [1.82, 2.24) is 19.5 Å². The number of fused-ring (bicyclic) bond motifs is 3. The van der Waals surface area contributed by atoms with Crippen LogP contribution < -0.4 is 5.56 Å². The summed E-state index contributed by atoms with van der Waals surface area (Å²) in [6.45, 7) is 0. The van der Waals surface area contributed by atoms with Crippen LogP contribution in [0.3, 0.4) is 0 Å². The Kier molecular flexibility index (Phi) is 3.33. The number of halogens is 4. The number of aromatic nitrogens is 4. The largest absolute Gasteiger partial charge is 0.433 e. The van der Waals surface area contributed by atoms with E-state index >= 15 is 0 Å². The van der Waals surface area contributed by atoms with Gasteiger partial charge in [-0.2, -0.15) is 13.2 Å². The van der Waals surface area contributed by atoms with Crippen molar-refractivity contribution >= 4 is 33.7 Å². The number of aromatic amines is 1. The SMILES string of the molecule is O=c1c2[nH]cnc2c2ccc(C(F)(F)F)nc2n1-c1ccccc1Cl. The molecule has 0 amide bonds. The first-order chi connectivity index (χ1) is 11.9. The number of benzene rings is 1. The number of alkyl halides is 3. The minimum atomic E-state index is -4.64. The molecule has 0 bridgehead atoms. The first-order valence-electron chi connectivity index (χ1n) is 7.09. The fourth-order valence-corrected chi connectivity index (χ4v) is 2.91. The molecule has 4 rings (SSSR count). The number of nitrogens with zero attached hydrogens (tertiary/aromatic N) is 3. The number of nitrogens with one attached hydrogen (secondary N) is 1. The lowest BCUT2D eigenvalue weighted by Crippen LogP contribution is -2.21. The van der Waals surface area contributed by atoms with Crippen LogP contribution >= 0.6 is 11.6 Å². The van der Waals surface area contributed by atoms with Gasteiger partial charge in [0.25, 0.3) is 5.56 Å². The summed E-state index contributed by atoms with van der Waals surface area (Å²) in [5.41, 5.74) is -1.19. The van der Waals surface area contributed by atoms with E-state index in [1.165, 1.54) is 18.5 Å². The second-order valence-electron chi connectivity index (χ2n) is 5.28. The highest BCUT2D eigenvalue weighted by molar-refractivity contribution is 6.32. The van der Waals surface area contributed by atoms with Crippen LogP contribution in [0.1, 0.15) is 5.69 Å². The normalized spacial score (nSPS) is 12.2. The average Bonchev–Trinajstić information content (AvgIpc) is 3.05. The molecule has 0 saturated heterocycles. The van der Waals surface area contributed by atoms with Gasteiger partial charge in [0.1, 0.15) is 22.4 Å². The van der Waals surface area contributed by atoms with Crippen LogP contribution in [0, 0.1) is 0 Å². The van der Waals surface area contributed by atoms with Gasteiger partial charge in [-0.3, -0.25) is 9.36 Å². The zero-order valence-corrected chi connectivity index (χ0v) is 13.1. The minimum Gasteiger partial charge on any atom is -0.340 e. The highest BCUT2D eigenvalue weighted by Crippen LogP contribution is 2.31. The van der Waals surface area contributed by atoms with E-state index in [-0.39, 0.29) is 27.4 Å². The fraction of sp³-hybridized carbons (Fsp3) is 0.0625. The first kappa shape index (κ1) is 15.6. The Balaban J connectivity index is 2.23. The van der Waals surface area contributed by atoms with Crippen molar-refractivity contribution in [3.8, 4) is 5.69 Å². The first-order valence-corrected chi connectivity index (χ1v) is 7.46. The van der Waals surface area contributed by atoms with E-state index in [2.05, 4.69) is 15.0 Å². The molecule has 4 aromatic rings. The molecular weight excluding hydrogens is 357 g/mol. The van der Waals surface area contributed by atoms with Crippen LogP contribution in [0.4, 0.5) is 13.2 Å². The topological polar surface area (TPSA) is 63.6 Å². The van der Waals surface area contributed by atoms with Crippen molar-refractivity contribution in [2.45, 2.75) is 6.18 Å². The third-order valence-electron chi connectivity index (χ3n) is 3.78. The standard InChI is InChI=1S/C16H8ClF3N4O/c17-9-3-1-2-4-10(9)24-14-8(5-6-11(23-14)16(18,19)20)12-13(15(24)25)22-7-21-12/h1-7H,(H,21,22). The van der Waals surface area contributed by atoms with Gasteiger partial charge in [-0.1, -0.05) is 23.7 Å². The second kappa shape index (κ2) is 5.32. The van der Waals surface area contributed by atoms with Crippen molar-refractivity contribution in [3.63, 3.8) is 0 Å². The zero-order valence-electron chi connectivity index (χ0n) is 12.3. The van der Waals surface area contributed by atoms with Gasteiger partial charge in [0, 0.05) is 5.39 Å². The number of hydrogen-bond donors (Lipinski definition) is 1. The van der Waals surface area contributed by atoms with Gasteiger partial charge in [-0.15, -0.1) is 0 Å².